The van der Waals surface area contributed by atoms with Gasteiger partial charge in [-0.1, -0.05) is 0 Å². The van der Waals surface area contributed by atoms with Crippen LogP contribution in [0.2, 0.25) is 0 Å². The van der Waals surface area contributed by atoms with Gasteiger partial charge in [0.25, 0.3) is 0 Å². The van der Waals surface area contributed by atoms with Crippen molar-refractivity contribution in [1.29, 1.82) is 0 Å². The van der Waals surface area contributed by atoms with Crippen LogP contribution in [0.4, 0.5) is 0 Å². The summed E-state index contributed by atoms with van der Waals surface area (Å²) in [4.78, 5) is 32.6. The number of hydrogen-bond donors (Lipinski definition) is 2. The van der Waals surface area contributed by atoms with Crippen molar-refractivity contribution in [3.8, 4) is 69.0 Å². The van der Waals surface area contributed by atoms with Crippen LogP contribution in [0.1, 0.15) is 66.8 Å². The van der Waals surface area contributed by atoms with Gasteiger partial charge < -0.3 is 0 Å². The first-order valence-corrected chi connectivity index (χ1v) is 45.9. The van der Waals surface area contributed by atoms with E-state index in [9.17, 15) is 0 Å². The van der Waals surface area contributed by atoms with Crippen LogP contribution in [-0.4, -0.2) is 13.8 Å². The molecular formula is C96H88N6O12P6. The SMILES string of the molecule is C=Cc1ccc(ON2P(Oc3ccc(C=C)cc3)NPNPN=P(Oc3ccc(C=C)cc3)(Oc3ccc(C=C)cc3)N(Oc3ccc(C=C)cc3)P(Oc3ccc(C=C)cc3)(Oc3ccc(C=C)cc3)(Oc3ccc(C=C)cc3)N(Oc3ccc(C=C)cc3)P2(Oc2ccc(C=C)cc2)(Oc2ccc(C=C)cc2)Oc2ccc(C=C)cc2)cc1. The molecule has 0 spiro atoms. The average Bonchev–Trinajstić information content (AvgIpc) is 0.650. The van der Waals surface area contributed by atoms with Crippen molar-refractivity contribution in [1.82, 2.24) is 23.5 Å². The summed E-state index contributed by atoms with van der Waals surface area (Å²) in [7, 11) is -25.3. The summed E-state index contributed by atoms with van der Waals surface area (Å²) in [6.45, 7) is 50.2. The predicted octanol–water partition coefficient (Wildman–Crippen LogP) is 28.9. The average molecular weight is 1700 g/mol. The van der Waals surface area contributed by atoms with Crippen molar-refractivity contribution in [2.45, 2.75) is 0 Å². The van der Waals surface area contributed by atoms with Crippen molar-refractivity contribution in [3.63, 3.8) is 0 Å². The topological polar surface area (TPSA) is 157 Å². The molecule has 2 N–H and O–H groups in total. The van der Waals surface area contributed by atoms with Crippen molar-refractivity contribution >= 4 is 122 Å². The van der Waals surface area contributed by atoms with E-state index in [1.807, 2.05) is 48.5 Å². The summed E-state index contributed by atoms with van der Waals surface area (Å²) in [5.41, 5.74) is 8.24. The second kappa shape index (κ2) is 38.8. The van der Waals surface area contributed by atoms with Crippen LogP contribution >= 0.6 is 49.0 Å². The fourth-order valence-electron chi connectivity index (χ4n) is 11.8. The molecule has 18 nitrogen and oxygen atoms in total. The van der Waals surface area contributed by atoms with Gasteiger partial charge in [-0.25, -0.2) is 0 Å². The Kier molecular flexibility index (Phi) is 27.5. The fourth-order valence-corrected chi connectivity index (χ4v) is 30.5. The molecule has 0 aliphatic carbocycles. The Morgan fingerprint density at radius 1 is 0.267 bits per heavy atom. The van der Waals surface area contributed by atoms with Crippen LogP contribution < -0.4 is 64.9 Å². The molecule has 0 bridgehead atoms. The van der Waals surface area contributed by atoms with E-state index in [-0.39, 0.29) is 69.0 Å². The molecule has 12 aromatic rings. The zero-order valence-electron chi connectivity index (χ0n) is 65.6. The van der Waals surface area contributed by atoms with Crippen molar-refractivity contribution in [3.05, 3.63) is 437 Å². The normalized spacial score (nSPS) is 16.3. The van der Waals surface area contributed by atoms with Crippen LogP contribution in [0.3, 0.4) is 0 Å². The second-order valence-corrected chi connectivity index (χ2v) is 38.8. The molecule has 0 saturated heterocycles. The third kappa shape index (κ3) is 19.2. The Balaban J connectivity index is 1.43. The van der Waals surface area contributed by atoms with Gasteiger partial charge in [0, 0.05) is 0 Å². The molecule has 1 heterocycles. The Labute approximate surface area is 706 Å². The van der Waals surface area contributed by atoms with E-state index in [2.05, 4.69) is 88.7 Å². The molecule has 1 aliphatic rings. The van der Waals surface area contributed by atoms with Gasteiger partial charge in [0.15, 0.2) is 0 Å². The summed E-state index contributed by atoms with van der Waals surface area (Å²) in [6, 6.07) is 84.7. The van der Waals surface area contributed by atoms with Gasteiger partial charge >= 0.3 is 711 Å². The van der Waals surface area contributed by atoms with Gasteiger partial charge in [-0.2, -0.15) is 0 Å². The number of nitrogens with one attached hydrogen (secondary N) is 2. The molecule has 120 heavy (non-hydrogen) atoms. The molecule has 24 heteroatoms. The minimum atomic E-state index is -7.85. The summed E-state index contributed by atoms with van der Waals surface area (Å²) < 4.78 is 86.7. The number of hydrogen-bond acceptors (Lipinski definition) is 18. The first kappa shape index (κ1) is 85.2. The third-order valence-electron chi connectivity index (χ3n) is 18.1. The van der Waals surface area contributed by atoms with Crippen LogP contribution in [0.5, 0.6) is 69.0 Å². The van der Waals surface area contributed by atoms with Gasteiger partial charge in [-0.15, -0.1) is 0 Å². The summed E-state index contributed by atoms with van der Waals surface area (Å²) in [5.74, 6) is 0.375. The van der Waals surface area contributed by atoms with Gasteiger partial charge in [-0.05, 0) is 0 Å². The van der Waals surface area contributed by atoms with Crippen molar-refractivity contribution in [2.24, 2.45) is 4.52 Å². The Morgan fingerprint density at radius 3 is 0.742 bits per heavy atom. The summed E-state index contributed by atoms with van der Waals surface area (Å²) in [6.07, 6.45) is 20.4. The maximum atomic E-state index is 8.87. The molecular weight excluding hydrogens is 1610 g/mol. The molecule has 0 amide bonds. The van der Waals surface area contributed by atoms with Crippen molar-refractivity contribution < 1.29 is 55.2 Å². The molecule has 1 aliphatic heterocycles. The van der Waals surface area contributed by atoms with Gasteiger partial charge in [0.2, 0.25) is 0 Å². The molecule has 3 atom stereocenters. The van der Waals surface area contributed by atoms with Crippen LogP contribution in [0.25, 0.3) is 72.9 Å². The predicted molar refractivity (Wildman–Crippen MR) is 504 cm³/mol. The summed E-state index contributed by atoms with van der Waals surface area (Å²) >= 11 is 0. The summed E-state index contributed by atoms with van der Waals surface area (Å²) in [5, 5.41) is 0. The molecule has 12 aromatic carbocycles. The number of nitrogens with zero attached hydrogens (tertiary/aromatic N) is 4. The van der Waals surface area contributed by atoms with E-state index >= 15 is 0 Å². The zero-order valence-corrected chi connectivity index (χ0v) is 71.2. The molecule has 604 valence electrons. The van der Waals surface area contributed by atoms with Crippen LogP contribution in [-0.2, 0) is 0 Å². The van der Waals surface area contributed by atoms with E-state index in [4.69, 9.17) is 59.7 Å². The van der Waals surface area contributed by atoms with Gasteiger partial charge in [-0.3, -0.25) is 0 Å². The second-order valence-electron chi connectivity index (χ2n) is 26.1. The molecule has 0 radical (unpaired) electrons. The van der Waals surface area contributed by atoms with E-state index in [0.717, 1.165) is 16.7 Å². The minimum absolute atomic E-state index is 0.0256. The van der Waals surface area contributed by atoms with Gasteiger partial charge in [0.05, 0.1) is 0 Å². The quantitative estimate of drug-likeness (QED) is 0.0357. The van der Waals surface area contributed by atoms with E-state index in [1.165, 1.54) is 13.8 Å². The van der Waals surface area contributed by atoms with Crippen LogP contribution in [0.15, 0.2) is 375 Å². The fraction of sp³-hybridized carbons (Fsp3) is 0. The molecule has 0 fully saturated rings. The standard InChI is InChI=1S/C96H88N6O12P6/c1-13-73-25-49-85(50-26-73)103-100-117(106-88-55-31-76(16-4)32-56-88)98-115-97-116-99-118(107-89-57-33-77(17-5)34-58-89,108-90-59-35-78(18-6)36-60-90)101(104-86-51-27-74(14-2)28-52-86)120(112-94-67-43-82(22-10)44-68-94,113-95-69-45-83(23-11)46-70-95,114-96-71-47-84(24-12)48-72-96)102(105-87-53-29-75(15-3)30-54-87)119(100,109-91-61-37-79(19-7)38-62-91,110-92-63-39-80(20-8)40-64-92)111-93-65-41-81(21-9)42-66-93/h13-72,97-98,115-116H,1-12H2. The monoisotopic (exact) mass is 1700 g/mol. The first-order valence-electron chi connectivity index (χ1n) is 37.5. The van der Waals surface area contributed by atoms with E-state index in [0.29, 0.717) is 50.1 Å². The van der Waals surface area contributed by atoms with Crippen molar-refractivity contribution in [2.75, 3.05) is 0 Å². The van der Waals surface area contributed by atoms with E-state index < -0.39 is 49.0 Å². The first-order chi connectivity index (χ1) is 58.5. The Hall–Kier alpha value is -12.7. The number of benzene rings is 12. The molecule has 0 saturated carbocycles. The zero-order chi connectivity index (χ0) is 84.0. The molecule has 13 rings (SSSR count). The maximum absolute atomic E-state index is 8.87. The van der Waals surface area contributed by atoms with E-state index in [1.54, 1.807) is 316 Å². The Morgan fingerprint density at radius 2 is 0.483 bits per heavy atom. The third-order valence-corrected chi connectivity index (χ3v) is 34.4. The number of rotatable bonds is 36. The molecule has 0 aromatic heterocycles. The van der Waals surface area contributed by atoms with Gasteiger partial charge in [0.1, 0.15) is 0 Å². The molecule has 3 unspecified atom stereocenters. The Bertz CT molecular complexity index is 5410. The van der Waals surface area contributed by atoms with Crippen LogP contribution in [0, 0.1) is 0 Å².